The molecule has 2 heterocycles. The van der Waals surface area contributed by atoms with Gasteiger partial charge in [-0.05, 0) is 31.2 Å². The molecule has 9 nitrogen and oxygen atoms in total. The van der Waals surface area contributed by atoms with E-state index in [9.17, 15) is 18.0 Å². The Bertz CT molecular complexity index is 1290. The van der Waals surface area contributed by atoms with Gasteiger partial charge in [0.05, 0.1) is 23.4 Å². The minimum atomic E-state index is -2.91. The second-order valence-corrected chi connectivity index (χ2v) is 7.54. The molecule has 0 radical (unpaired) electrons. The van der Waals surface area contributed by atoms with Crippen LogP contribution in [0.4, 0.5) is 30.6 Å². The molecule has 0 fully saturated rings. The van der Waals surface area contributed by atoms with Crippen LogP contribution in [0.5, 0.6) is 0 Å². The molecule has 3 N–H and O–H groups in total. The van der Waals surface area contributed by atoms with E-state index in [0.29, 0.717) is 16.8 Å². The summed E-state index contributed by atoms with van der Waals surface area (Å²) < 4.78 is 39.1. The lowest BCUT2D eigenvalue weighted by molar-refractivity contribution is 0.0537. The fourth-order valence-corrected chi connectivity index (χ4v) is 3.04. The van der Waals surface area contributed by atoms with Crippen molar-refractivity contribution in [3.8, 4) is 11.1 Å². The second-order valence-electron chi connectivity index (χ2n) is 7.13. The summed E-state index contributed by atoms with van der Waals surface area (Å²) in [4.78, 5) is 33.7. The van der Waals surface area contributed by atoms with Gasteiger partial charge < -0.3 is 10.7 Å². The summed E-state index contributed by atoms with van der Waals surface area (Å²) in [5.41, 5.74) is 2.93. The van der Waals surface area contributed by atoms with E-state index in [0.717, 1.165) is 0 Å². The Hall–Kier alpha value is -3.90. The zero-order valence-electron chi connectivity index (χ0n) is 18.4. The maximum Gasteiger partial charge on any atom is 0.276 e. The van der Waals surface area contributed by atoms with Crippen molar-refractivity contribution in [1.82, 2.24) is 20.4 Å². The second kappa shape index (κ2) is 11.5. The monoisotopic (exact) mass is 505 g/mol. The van der Waals surface area contributed by atoms with E-state index in [2.05, 4.69) is 35.6 Å². The van der Waals surface area contributed by atoms with Gasteiger partial charge in [-0.15, -0.1) is 0 Å². The van der Waals surface area contributed by atoms with Gasteiger partial charge in [0, 0.05) is 47.5 Å². The highest BCUT2D eigenvalue weighted by Crippen LogP contribution is 2.30. The molecule has 182 valence electrons. The summed E-state index contributed by atoms with van der Waals surface area (Å²) in [6, 6.07) is 5.44. The highest BCUT2D eigenvalue weighted by Gasteiger charge is 2.16. The van der Waals surface area contributed by atoms with Crippen molar-refractivity contribution < 1.29 is 22.8 Å². The quantitative estimate of drug-likeness (QED) is 0.273. The number of nitrogens with one attached hydrogen (secondary N) is 3. The summed E-state index contributed by atoms with van der Waals surface area (Å²) in [6.07, 6.45) is 0.896. The molecule has 0 aliphatic rings. The number of amides is 1. The Labute approximate surface area is 202 Å². The predicted molar refractivity (Wildman–Crippen MR) is 126 cm³/mol. The van der Waals surface area contributed by atoms with Crippen LogP contribution in [0.2, 0.25) is 5.02 Å². The van der Waals surface area contributed by atoms with Crippen LogP contribution >= 0.6 is 11.6 Å². The molecule has 0 aliphatic carbocycles. The van der Waals surface area contributed by atoms with Crippen molar-refractivity contribution in [3.63, 3.8) is 0 Å². The van der Waals surface area contributed by atoms with Crippen LogP contribution in [-0.4, -0.2) is 45.8 Å². The van der Waals surface area contributed by atoms with Gasteiger partial charge in [-0.25, -0.2) is 28.6 Å². The lowest BCUT2D eigenvalue weighted by Crippen LogP contribution is -2.21. The summed E-state index contributed by atoms with van der Waals surface area (Å²) in [6.45, 7) is 1.48. The first-order valence-corrected chi connectivity index (χ1v) is 10.3. The number of rotatable bonds is 9. The third kappa shape index (κ3) is 6.80. The largest absolute Gasteiger partial charge is 0.324 e. The van der Waals surface area contributed by atoms with E-state index >= 15 is 0 Å². The van der Waals surface area contributed by atoms with E-state index in [1.54, 1.807) is 0 Å². The minimum Gasteiger partial charge on any atom is -0.324 e. The number of aliphatic imine (C=N–C) groups is 1. The molecule has 13 heteroatoms. The Morgan fingerprint density at radius 2 is 2.03 bits per heavy atom. The molecule has 2 aromatic heterocycles. The normalized spacial score (nSPS) is 11.5. The van der Waals surface area contributed by atoms with Crippen molar-refractivity contribution in [2.24, 2.45) is 4.99 Å². The number of benzene rings is 1. The number of pyridine rings is 1. The number of carbonyl (C=O) groups excluding carboxylic acids is 1. The Morgan fingerprint density at radius 3 is 2.71 bits per heavy atom. The van der Waals surface area contributed by atoms with Crippen LogP contribution < -0.4 is 10.8 Å². The fourth-order valence-electron chi connectivity index (χ4n) is 2.86. The minimum absolute atomic E-state index is 0.0631. The van der Waals surface area contributed by atoms with Gasteiger partial charge in [0.25, 0.3) is 12.3 Å². The zero-order chi connectivity index (χ0) is 25.5. The van der Waals surface area contributed by atoms with Crippen molar-refractivity contribution in [2.45, 2.75) is 19.8 Å². The summed E-state index contributed by atoms with van der Waals surface area (Å²) in [5, 5.41) is 10.2. The first-order valence-electron chi connectivity index (χ1n) is 9.95. The van der Waals surface area contributed by atoms with E-state index in [1.807, 2.05) is 0 Å². The van der Waals surface area contributed by atoms with Crippen LogP contribution in [0, 0.1) is 11.2 Å². The molecule has 0 bridgehead atoms. The van der Waals surface area contributed by atoms with Crippen molar-refractivity contribution in [1.29, 1.82) is 5.41 Å². The number of nitrogens with zero attached hydrogens (tertiary/aromatic N) is 4. The number of hydrogen-bond acceptors (Lipinski definition) is 8. The number of anilines is 2. The topological polar surface area (TPSA) is 125 Å². The standard InChI is InChI=1S/C22H19ClF3N7O2/c1-11(5-18(27)19(25)26)30-20-15(12-6-13(9-28-8-12)21(34)33-35-2)10-29-22(32-20)31-14-3-4-17(24)16(23)7-14/h3-4,6-10,19,27H,5H2,1-2H3,(H,33,34)(H,29,31,32). The molecule has 1 aromatic carbocycles. The molecule has 1 amide bonds. The molecule has 0 spiro atoms. The van der Waals surface area contributed by atoms with Crippen LogP contribution in [-0.2, 0) is 4.84 Å². The molecule has 0 saturated carbocycles. The zero-order valence-corrected chi connectivity index (χ0v) is 19.2. The molecular formula is C22H19ClF3N7O2. The number of carbonyl (C=O) groups is 1. The number of halogens is 4. The molecule has 0 saturated heterocycles. The molecule has 3 rings (SSSR count). The van der Waals surface area contributed by atoms with E-state index in [-0.39, 0.29) is 34.5 Å². The van der Waals surface area contributed by atoms with Gasteiger partial charge in [0.2, 0.25) is 5.95 Å². The van der Waals surface area contributed by atoms with Crippen LogP contribution in [0.25, 0.3) is 11.1 Å². The summed E-state index contributed by atoms with van der Waals surface area (Å²) in [7, 11) is 1.29. The van der Waals surface area contributed by atoms with Crippen molar-refractivity contribution in [3.05, 3.63) is 59.3 Å². The lowest BCUT2D eigenvalue weighted by Gasteiger charge is -2.11. The third-order valence-corrected chi connectivity index (χ3v) is 4.75. The van der Waals surface area contributed by atoms with Gasteiger partial charge in [-0.1, -0.05) is 11.6 Å². The highest BCUT2D eigenvalue weighted by atomic mass is 35.5. The average Bonchev–Trinajstić information content (AvgIpc) is 2.81. The number of aromatic nitrogens is 3. The van der Waals surface area contributed by atoms with Crippen LogP contribution in [0.3, 0.4) is 0 Å². The first kappa shape index (κ1) is 25.7. The van der Waals surface area contributed by atoms with Gasteiger partial charge in [0.15, 0.2) is 5.82 Å². The molecule has 3 aromatic rings. The smallest absolute Gasteiger partial charge is 0.276 e. The maximum atomic E-state index is 13.5. The van der Waals surface area contributed by atoms with E-state index in [1.165, 1.54) is 56.9 Å². The molecule has 35 heavy (non-hydrogen) atoms. The first-order chi connectivity index (χ1) is 16.7. The summed E-state index contributed by atoms with van der Waals surface area (Å²) >= 11 is 5.81. The average molecular weight is 506 g/mol. The lowest BCUT2D eigenvalue weighted by atomic mass is 10.1. The molecule has 0 aliphatic heterocycles. The van der Waals surface area contributed by atoms with E-state index in [4.69, 9.17) is 17.0 Å². The van der Waals surface area contributed by atoms with Crippen molar-refractivity contribution >= 4 is 46.4 Å². The molecule has 0 unspecified atom stereocenters. The molecular weight excluding hydrogens is 487 g/mol. The number of alkyl halides is 2. The Kier molecular flexibility index (Phi) is 8.44. The number of hydroxylamine groups is 1. The van der Waals surface area contributed by atoms with Gasteiger partial charge in [0.1, 0.15) is 5.82 Å². The van der Waals surface area contributed by atoms with Crippen molar-refractivity contribution in [2.75, 3.05) is 12.4 Å². The van der Waals surface area contributed by atoms with Gasteiger partial charge in [-0.2, -0.15) is 4.98 Å². The SMILES string of the molecule is CONC(=O)c1cncc(-c2cnc(Nc3ccc(F)c(Cl)c3)nc2N=C(C)CC(=N)C(F)F)c1. The van der Waals surface area contributed by atoms with Gasteiger partial charge in [-0.3, -0.25) is 14.6 Å². The Morgan fingerprint density at radius 1 is 1.26 bits per heavy atom. The van der Waals surface area contributed by atoms with Gasteiger partial charge >= 0.3 is 0 Å². The fraction of sp³-hybridized carbons (Fsp3) is 0.182. The number of hydrogen-bond donors (Lipinski definition) is 3. The predicted octanol–water partition coefficient (Wildman–Crippen LogP) is 5.13. The summed E-state index contributed by atoms with van der Waals surface area (Å²) in [5.74, 6) is -1.00. The Balaban J connectivity index is 2.04. The maximum absolute atomic E-state index is 13.5. The third-order valence-electron chi connectivity index (χ3n) is 4.46. The highest BCUT2D eigenvalue weighted by molar-refractivity contribution is 6.31. The van der Waals surface area contributed by atoms with Crippen LogP contribution in [0.15, 0.2) is 47.8 Å². The van der Waals surface area contributed by atoms with Crippen LogP contribution in [0.1, 0.15) is 23.7 Å². The van der Waals surface area contributed by atoms with E-state index < -0.39 is 23.9 Å². The molecule has 0 atom stereocenters.